The number of para-hydroxylation sites is 1. The molecule has 2 aromatic carbocycles. The van der Waals surface area contributed by atoms with E-state index in [0.29, 0.717) is 18.7 Å². The van der Waals surface area contributed by atoms with E-state index in [0.717, 1.165) is 23.5 Å². The van der Waals surface area contributed by atoms with E-state index in [1.165, 1.54) is 0 Å². The fourth-order valence-corrected chi connectivity index (χ4v) is 2.27. The Kier molecular flexibility index (Phi) is 6.67. The van der Waals surface area contributed by atoms with Crippen molar-refractivity contribution in [2.75, 3.05) is 11.9 Å². The second kappa shape index (κ2) is 8.96. The fraction of sp³-hybridized carbons (Fsp3) is 0.350. The van der Waals surface area contributed by atoms with Gasteiger partial charge in [-0.2, -0.15) is 0 Å². The minimum atomic E-state index is -0.536. The average molecular weight is 327 g/mol. The van der Waals surface area contributed by atoms with Crippen molar-refractivity contribution < 1.29 is 14.3 Å². The van der Waals surface area contributed by atoms with Crippen LogP contribution in [-0.2, 0) is 4.79 Å². The normalized spacial score (nSPS) is 11.6. The number of aryl methyl sites for hydroxylation is 1. The number of carbonyl (C=O) groups excluding carboxylic acids is 1. The molecule has 1 amide bonds. The Morgan fingerprint density at radius 1 is 1.12 bits per heavy atom. The molecule has 2 rings (SSSR count). The summed E-state index contributed by atoms with van der Waals surface area (Å²) in [6, 6.07) is 15.1. The first-order valence-electron chi connectivity index (χ1n) is 8.40. The van der Waals surface area contributed by atoms with Gasteiger partial charge in [0.2, 0.25) is 0 Å². The highest BCUT2D eigenvalue weighted by atomic mass is 16.5. The van der Waals surface area contributed by atoms with Crippen molar-refractivity contribution in [3.8, 4) is 11.5 Å². The van der Waals surface area contributed by atoms with E-state index >= 15 is 0 Å². The van der Waals surface area contributed by atoms with E-state index in [1.807, 2.05) is 62.4 Å². The van der Waals surface area contributed by atoms with E-state index in [1.54, 1.807) is 0 Å². The smallest absolute Gasteiger partial charge is 0.265 e. The van der Waals surface area contributed by atoms with Gasteiger partial charge in [-0.15, -0.1) is 0 Å². The van der Waals surface area contributed by atoms with Gasteiger partial charge in [-0.3, -0.25) is 4.79 Å². The van der Waals surface area contributed by atoms with Crippen LogP contribution in [-0.4, -0.2) is 18.6 Å². The van der Waals surface area contributed by atoms with Crippen LogP contribution in [0, 0.1) is 6.92 Å². The molecule has 0 aliphatic rings. The monoisotopic (exact) mass is 327 g/mol. The number of hydrogen-bond donors (Lipinski definition) is 1. The number of ether oxygens (including phenoxy) is 2. The van der Waals surface area contributed by atoms with Crippen molar-refractivity contribution in [3.05, 3.63) is 54.1 Å². The maximum absolute atomic E-state index is 12.5. The molecule has 0 aliphatic carbocycles. The molecule has 0 fully saturated rings. The SMILES string of the molecule is CCCOc1cccc(NC(=O)C(CC)Oc2ccccc2C)c1. The molecular weight excluding hydrogens is 302 g/mol. The maximum atomic E-state index is 12.5. The predicted octanol–water partition coefficient (Wildman–Crippen LogP) is 4.58. The molecule has 0 saturated heterocycles. The van der Waals surface area contributed by atoms with Crippen LogP contribution in [0.25, 0.3) is 0 Å². The van der Waals surface area contributed by atoms with Crippen molar-refractivity contribution in [1.82, 2.24) is 0 Å². The van der Waals surface area contributed by atoms with Crippen LogP contribution in [0.3, 0.4) is 0 Å². The first-order chi connectivity index (χ1) is 11.6. The van der Waals surface area contributed by atoms with Crippen molar-refractivity contribution in [2.45, 2.75) is 39.7 Å². The van der Waals surface area contributed by atoms with Crippen molar-refractivity contribution in [2.24, 2.45) is 0 Å². The molecule has 0 spiro atoms. The Hall–Kier alpha value is -2.49. The van der Waals surface area contributed by atoms with Gasteiger partial charge in [0.25, 0.3) is 5.91 Å². The lowest BCUT2D eigenvalue weighted by Crippen LogP contribution is -2.32. The van der Waals surface area contributed by atoms with E-state index in [4.69, 9.17) is 9.47 Å². The molecule has 4 nitrogen and oxygen atoms in total. The molecule has 128 valence electrons. The number of nitrogens with one attached hydrogen (secondary N) is 1. The first kappa shape index (κ1) is 17.9. The summed E-state index contributed by atoms with van der Waals surface area (Å²) >= 11 is 0. The topological polar surface area (TPSA) is 47.6 Å². The minimum absolute atomic E-state index is 0.159. The average Bonchev–Trinajstić information content (AvgIpc) is 2.59. The van der Waals surface area contributed by atoms with Gasteiger partial charge in [-0.1, -0.05) is 38.1 Å². The Morgan fingerprint density at radius 3 is 2.62 bits per heavy atom. The largest absolute Gasteiger partial charge is 0.494 e. The number of rotatable bonds is 8. The molecule has 0 heterocycles. The summed E-state index contributed by atoms with van der Waals surface area (Å²) in [6.45, 7) is 6.61. The Morgan fingerprint density at radius 2 is 1.92 bits per heavy atom. The van der Waals surface area contributed by atoms with Crippen LogP contribution in [0.15, 0.2) is 48.5 Å². The maximum Gasteiger partial charge on any atom is 0.265 e. The molecule has 0 bridgehead atoms. The first-order valence-corrected chi connectivity index (χ1v) is 8.40. The zero-order chi connectivity index (χ0) is 17.4. The second-order valence-corrected chi connectivity index (χ2v) is 5.65. The fourth-order valence-electron chi connectivity index (χ4n) is 2.27. The Bertz CT molecular complexity index is 669. The third-order valence-electron chi connectivity index (χ3n) is 3.60. The Balaban J connectivity index is 2.03. The zero-order valence-corrected chi connectivity index (χ0v) is 14.5. The predicted molar refractivity (Wildman–Crippen MR) is 96.7 cm³/mol. The molecule has 0 aromatic heterocycles. The van der Waals surface area contributed by atoms with Crippen LogP contribution in [0.1, 0.15) is 32.3 Å². The quantitative estimate of drug-likeness (QED) is 0.772. The van der Waals surface area contributed by atoms with E-state index in [9.17, 15) is 4.79 Å². The molecule has 24 heavy (non-hydrogen) atoms. The molecule has 1 N–H and O–H groups in total. The summed E-state index contributed by atoms with van der Waals surface area (Å²) in [5.41, 5.74) is 1.72. The van der Waals surface area contributed by atoms with Crippen LogP contribution in [0.4, 0.5) is 5.69 Å². The third kappa shape index (κ3) is 5.01. The van der Waals surface area contributed by atoms with Crippen LogP contribution >= 0.6 is 0 Å². The van der Waals surface area contributed by atoms with Gasteiger partial charge < -0.3 is 14.8 Å². The lowest BCUT2D eigenvalue weighted by molar-refractivity contribution is -0.122. The summed E-state index contributed by atoms with van der Waals surface area (Å²) < 4.78 is 11.5. The Labute approximate surface area is 143 Å². The number of amides is 1. The molecule has 0 saturated carbocycles. The number of anilines is 1. The molecular formula is C20H25NO3. The van der Waals surface area contributed by atoms with Gasteiger partial charge in [0.05, 0.1) is 6.61 Å². The molecule has 0 radical (unpaired) electrons. The third-order valence-corrected chi connectivity index (χ3v) is 3.60. The number of carbonyl (C=O) groups is 1. The minimum Gasteiger partial charge on any atom is -0.494 e. The highest BCUT2D eigenvalue weighted by molar-refractivity contribution is 5.94. The summed E-state index contributed by atoms with van der Waals surface area (Å²) in [5.74, 6) is 1.33. The van der Waals surface area contributed by atoms with E-state index in [-0.39, 0.29) is 5.91 Å². The highest BCUT2D eigenvalue weighted by Gasteiger charge is 2.19. The van der Waals surface area contributed by atoms with Gasteiger partial charge in [-0.25, -0.2) is 0 Å². The summed E-state index contributed by atoms with van der Waals surface area (Å²) in [6.07, 6.45) is 0.997. The molecule has 1 unspecified atom stereocenters. The second-order valence-electron chi connectivity index (χ2n) is 5.65. The van der Waals surface area contributed by atoms with Crippen LogP contribution in [0.2, 0.25) is 0 Å². The standard InChI is InChI=1S/C20H25NO3/c1-4-13-23-17-11-8-10-16(14-17)21-20(22)18(5-2)24-19-12-7-6-9-15(19)3/h6-12,14,18H,4-5,13H2,1-3H3,(H,21,22). The van der Waals surface area contributed by atoms with Gasteiger partial charge in [0, 0.05) is 11.8 Å². The number of hydrogen-bond acceptors (Lipinski definition) is 3. The lowest BCUT2D eigenvalue weighted by atomic mass is 10.2. The lowest BCUT2D eigenvalue weighted by Gasteiger charge is -2.18. The van der Waals surface area contributed by atoms with E-state index in [2.05, 4.69) is 12.2 Å². The van der Waals surface area contributed by atoms with Crippen LogP contribution in [0.5, 0.6) is 11.5 Å². The van der Waals surface area contributed by atoms with E-state index < -0.39 is 6.10 Å². The zero-order valence-electron chi connectivity index (χ0n) is 14.5. The molecule has 2 aromatic rings. The highest BCUT2D eigenvalue weighted by Crippen LogP contribution is 2.21. The van der Waals surface area contributed by atoms with Crippen molar-refractivity contribution in [3.63, 3.8) is 0 Å². The van der Waals surface area contributed by atoms with Crippen molar-refractivity contribution >= 4 is 11.6 Å². The van der Waals surface area contributed by atoms with Gasteiger partial charge >= 0.3 is 0 Å². The molecule has 1 atom stereocenters. The van der Waals surface area contributed by atoms with Gasteiger partial charge in [-0.05, 0) is 43.5 Å². The molecule has 0 aliphatic heterocycles. The van der Waals surface area contributed by atoms with Gasteiger partial charge in [0.15, 0.2) is 6.10 Å². The van der Waals surface area contributed by atoms with Crippen LogP contribution < -0.4 is 14.8 Å². The summed E-state index contributed by atoms with van der Waals surface area (Å²) in [5, 5.41) is 2.91. The number of benzene rings is 2. The summed E-state index contributed by atoms with van der Waals surface area (Å²) in [7, 11) is 0. The molecule has 4 heteroatoms. The summed E-state index contributed by atoms with van der Waals surface area (Å²) in [4.78, 5) is 12.5. The van der Waals surface area contributed by atoms with Gasteiger partial charge in [0.1, 0.15) is 11.5 Å². The van der Waals surface area contributed by atoms with Crippen molar-refractivity contribution in [1.29, 1.82) is 0 Å².